The molecular weight excluding hydrogens is 294 g/mol. The second-order valence-electron chi connectivity index (χ2n) is 8.12. The number of ether oxygens (including phenoxy) is 2. The van der Waals surface area contributed by atoms with Crippen LogP contribution in [0.5, 0.6) is 0 Å². The Labute approximate surface area is 139 Å². The topological polar surface area (TPSA) is 55.8 Å². The molecule has 132 valence electrons. The van der Waals surface area contributed by atoms with E-state index >= 15 is 0 Å². The van der Waals surface area contributed by atoms with Gasteiger partial charge in [-0.3, -0.25) is 4.79 Å². The molecule has 0 bridgehead atoms. The summed E-state index contributed by atoms with van der Waals surface area (Å²) in [5.41, 5.74) is -0.123. The third kappa shape index (κ3) is 5.11. The Hall–Kier alpha value is -1.26. The van der Waals surface area contributed by atoms with Crippen LogP contribution in [-0.2, 0) is 14.3 Å². The van der Waals surface area contributed by atoms with E-state index in [1.807, 2.05) is 32.6 Å². The monoisotopic (exact) mass is 325 g/mol. The van der Waals surface area contributed by atoms with Gasteiger partial charge in [0.05, 0.1) is 6.61 Å². The highest BCUT2D eigenvalue weighted by Gasteiger charge is 2.47. The number of hydrogen-bond donors (Lipinski definition) is 0. The van der Waals surface area contributed by atoms with Gasteiger partial charge in [0.25, 0.3) is 0 Å². The molecule has 0 atom stereocenters. The standard InChI is InChI=1S/C18H31NO4/c1-5-22-15(20)7-6-14-8-10-18(11-9-14)12-19(13-18)16(21)23-17(2,3)4/h14H,5-13H2,1-4H3. The quantitative estimate of drug-likeness (QED) is 0.739. The molecule has 0 radical (unpaired) electrons. The highest BCUT2D eigenvalue weighted by molar-refractivity contribution is 5.69. The number of nitrogens with zero attached hydrogens (tertiary/aromatic N) is 1. The predicted octanol–water partition coefficient (Wildman–Crippen LogP) is 3.76. The van der Waals surface area contributed by atoms with Gasteiger partial charge in [0.15, 0.2) is 0 Å². The van der Waals surface area contributed by atoms with Crippen molar-refractivity contribution in [3.05, 3.63) is 0 Å². The van der Waals surface area contributed by atoms with Crippen LogP contribution in [-0.4, -0.2) is 42.3 Å². The molecule has 2 fully saturated rings. The van der Waals surface area contributed by atoms with Gasteiger partial charge in [0.1, 0.15) is 5.60 Å². The molecule has 0 N–H and O–H groups in total. The number of esters is 1. The van der Waals surface area contributed by atoms with Crippen LogP contribution < -0.4 is 0 Å². The fourth-order valence-corrected chi connectivity index (χ4v) is 3.67. The van der Waals surface area contributed by atoms with E-state index < -0.39 is 5.60 Å². The Morgan fingerprint density at radius 3 is 2.30 bits per heavy atom. The molecule has 2 rings (SSSR count). The second-order valence-corrected chi connectivity index (χ2v) is 8.12. The second kappa shape index (κ2) is 7.10. The van der Waals surface area contributed by atoms with Crippen molar-refractivity contribution in [3.8, 4) is 0 Å². The summed E-state index contributed by atoms with van der Waals surface area (Å²) in [6.45, 7) is 9.65. The first-order chi connectivity index (χ1) is 10.7. The van der Waals surface area contributed by atoms with Gasteiger partial charge in [-0.05, 0) is 65.7 Å². The summed E-state index contributed by atoms with van der Waals surface area (Å²) >= 11 is 0. The van der Waals surface area contributed by atoms with Gasteiger partial charge in [-0.25, -0.2) is 4.79 Å². The highest BCUT2D eigenvalue weighted by atomic mass is 16.6. The molecule has 2 aliphatic rings. The van der Waals surface area contributed by atoms with Crippen molar-refractivity contribution in [1.29, 1.82) is 0 Å². The fourth-order valence-electron chi connectivity index (χ4n) is 3.67. The zero-order chi connectivity index (χ0) is 17.1. The van der Waals surface area contributed by atoms with Crippen LogP contribution in [0, 0.1) is 11.3 Å². The maximum atomic E-state index is 12.0. The minimum absolute atomic E-state index is 0.0764. The minimum Gasteiger partial charge on any atom is -0.466 e. The van der Waals surface area contributed by atoms with Gasteiger partial charge in [-0.15, -0.1) is 0 Å². The van der Waals surface area contributed by atoms with Crippen LogP contribution in [0.4, 0.5) is 4.79 Å². The lowest BCUT2D eigenvalue weighted by atomic mass is 9.65. The Bertz CT molecular complexity index is 425. The summed E-state index contributed by atoms with van der Waals surface area (Å²) in [6, 6.07) is 0. The predicted molar refractivity (Wildman–Crippen MR) is 88.1 cm³/mol. The van der Waals surface area contributed by atoms with Gasteiger partial charge >= 0.3 is 12.1 Å². The Balaban J connectivity index is 1.68. The maximum absolute atomic E-state index is 12.0. The fraction of sp³-hybridized carbons (Fsp3) is 0.889. The van der Waals surface area contributed by atoms with Gasteiger partial charge < -0.3 is 14.4 Å². The molecule has 1 aliphatic carbocycles. The van der Waals surface area contributed by atoms with Crippen LogP contribution in [0.2, 0.25) is 0 Å². The number of carbonyl (C=O) groups excluding carboxylic acids is 2. The first kappa shape index (κ1) is 18.1. The number of rotatable bonds is 4. The van der Waals surface area contributed by atoms with E-state index in [0.29, 0.717) is 24.4 Å². The molecule has 0 aromatic rings. The van der Waals surface area contributed by atoms with Crippen LogP contribution in [0.1, 0.15) is 66.2 Å². The van der Waals surface area contributed by atoms with E-state index in [-0.39, 0.29) is 12.1 Å². The molecule has 5 nitrogen and oxygen atoms in total. The highest BCUT2D eigenvalue weighted by Crippen LogP contribution is 2.46. The van der Waals surface area contributed by atoms with Crippen LogP contribution in [0.25, 0.3) is 0 Å². The van der Waals surface area contributed by atoms with Crippen LogP contribution in [0.3, 0.4) is 0 Å². The normalized spacial score (nSPS) is 21.0. The van der Waals surface area contributed by atoms with Crippen molar-refractivity contribution in [2.24, 2.45) is 11.3 Å². The molecule has 5 heteroatoms. The van der Waals surface area contributed by atoms with Gasteiger partial charge in [0, 0.05) is 24.9 Å². The van der Waals surface area contributed by atoms with Crippen LogP contribution >= 0.6 is 0 Å². The molecule has 1 spiro atoms. The minimum atomic E-state index is -0.426. The van der Waals surface area contributed by atoms with Crippen molar-refractivity contribution in [2.45, 2.75) is 71.8 Å². The SMILES string of the molecule is CCOC(=O)CCC1CCC2(CC1)CN(C(=O)OC(C)(C)C)C2. The summed E-state index contributed by atoms with van der Waals surface area (Å²) < 4.78 is 10.4. The van der Waals surface area contributed by atoms with Crippen LogP contribution in [0.15, 0.2) is 0 Å². The molecule has 1 saturated carbocycles. The zero-order valence-corrected chi connectivity index (χ0v) is 15.0. The molecule has 0 aromatic heterocycles. The van der Waals surface area contributed by atoms with Crippen molar-refractivity contribution >= 4 is 12.1 Å². The Morgan fingerprint density at radius 2 is 1.78 bits per heavy atom. The molecule has 0 unspecified atom stereocenters. The van der Waals surface area contributed by atoms with Crippen molar-refractivity contribution in [2.75, 3.05) is 19.7 Å². The first-order valence-corrected chi connectivity index (χ1v) is 8.86. The third-order valence-corrected chi connectivity index (χ3v) is 4.93. The average molecular weight is 325 g/mol. The number of carbonyl (C=O) groups is 2. The van der Waals surface area contributed by atoms with Gasteiger partial charge in [-0.2, -0.15) is 0 Å². The summed E-state index contributed by atoms with van der Waals surface area (Å²) in [6.07, 6.45) is 5.90. The average Bonchev–Trinajstić information content (AvgIpc) is 2.41. The summed E-state index contributed by atoms with van der Waals surface area (Å²) in [5, 5.41) is 0. The first-order valence-electron chi connectivity index (χ1n) is 8.86. The van der Waals surface area contributed by atoms with E-state index in [1.54, 1.807) is 0 Å². The molecule has 1 amide bonds. The number of hydrogen-bond acceptors (Lipinski definition) is 4. The summed E-state index contributed by atoms with van der Waals surface area (Å²) in [7, 11) is 0. The molecule has 23 heavy (non-hydrogen) atoms. The van der Waals surface area contributed by atoms with Crippen molar-refractivity contribution in [3.63, 3.8) is 0 Å². The lowest BCUT2D eigenvalue weighted by Gasteiger charge is -2.53. The Morgan fingerprint density at radius 1 is 1.17 bits per heavy atom. The molecule has 0 aromatic carbocycles. The summed E-state index contributed by atoms with van der Waals surface area (Å²) in [5.74, 6) is 0.549. The summed E-state index contributed by atoms with van der Waals surface area (Å²) in [4.78, 5) is 25.3. The molecule has 1 aliphatic heterocycles. The van der Waals surface area contributed by atoms with Crippen molar-refractivity contribution < 1.29 is 19.1 Å². The number of amides is 1. The largest absolute Gasteiger partial charge is 0.466 e. The van der Waals surface area contributed by atoms with E-state index in [4.69, 9.17) is 9.47 Å². The zero-order valence-electron chi connectivity index (χ0n) is 15.0. The van der Waals surface area contributed by atoms with Crippen molar-refractivity contribution in [1.82, 2.24) is 4.90 Å². The number of likely N-dealkylation sites (tertiary alicyclic amines) is 1. The smallest absolute Gasteiger partial charge is 0.410 e. The third-order valence-electron chi connectivity index (χ3n) is 4.93. The Kier molecular flexibility index (Phi) is 5.58. The molecule has 1 heterocycles. The lowest BCUT2D eigenvalue weighted by Crippen LogP contribution is -2.60. The van der Waals surface area contributed by atoms with E-state index in [0.717, 1.165) is 45.2 Å². The van der Waals surface area contributed by atoms with E-state index in [9.17, 15) is 9.59 Å². The lowest BCUT2D eigenvalue weighted by molar-refractivity contribution is -0.143. The maximum Gasteiger partial charge on any atom is 0.410 e. The van der Waals surface area contributed by atoms with Gasteiger partial charge in [0.2, 0.25) is 0 Å². The molecular formula is C18H31NO4. The van der Waals surface area contributed by atoms with E-state index in [1.165, 1.54) is 0 Å². The van der Waals surface area contributed by atoms with Gasteiger partial charge in [-0.1, -0.05) is 0 Å². The molecule has 1 saturated heterocycles. The van der Waals surface area contributed by atoms with E-state index in [2.05, 4.69) is 0 Å².